The van der Waals surface area contributed by atoms with Gasteiger partial charge in [0, 0.05) is 29.5 Å². The summed E-state index contributed by atoms with van der Waals surface area (Å²) in [6, 6.07) is 15.0. The molecule has 3 heterocycles. The highest BCUT2D eigenvalue weighted by atomic mass is 32.1. The number of phenolic OH excluding ortho intramolecular Hbond substituents is 1. The first-order valence-corrected chi connectivity index (χ1v) is 8.25. The van der Waals surface area contributed by atoms with Crippen molar-refractivity contribution in [2.45, 2.75) is 6.04 Å². The van der Waals surface area contributed by atoms with Crippen LogP contribution < -0.4 is 5.32 Å². The Kier molecular flexibility index (Phi) is 3.80. The summed E-state index contributed by atoms with van der Waals surface area (Å²) in [4.78, 5) is 9.62. The van der Waals surface area contributed by atoms with Crippen LogP contribution in [-0.4, -0.2) is 19.4 Å². The van der Waals surface area contributed by atoms with E-state index in [2.05, 4.69) is 19.7 Å². The van der Waals surface area contributed by atoms with Gasteiger partial charge in [-0.3, -0.25) is 4.98 Å². The molecule has 0 radical (unpaired) electrons. The molecule has 0 spiro atoms. The molecule has 1 aromatic carbocycles. The number of anilines is 1. The van der Waals surface area contributed by atoms with Crippen LogP contribution in [0.15, 0.2) is 67.1 Å². The Morgan fingerprint density at radius 2 is 1.83 bits per heavy atom. The molecule has 0 aliphatic rings. The first-order valence-electron chi connectivity index (χ1n) is 7.47. The van der Waals surface area contributed by atoms with Crippen molar-refractivity contribution in [3.63, 3.8) is 0 Å². The van der Waals surface area contributed by atoms with E-state index in [-0.39, 0.29) is 11.8 Å². The third-order valence-corrected chi connectivity index (χ3v) is 4.60. The maximum absolute atomic E-state index is 10.8. The summed E-state index contributed by atoms with van der Waals surface area (Å²) < 4.78 is 4.19. The number of pyridine rings is 2. The van der Waals surface area contributed by atoms with Gasteiger partial charge in [0.25, 0.3) is 0 Å². The third kappa shape index (κ3) is 2.68. The zero-order valence-corrected chi connectivity index (χ0v) is 13.4. The number of hydrogen-bond donors (Lipinski definition) is 2. The average molecular weight is 334 g/mol. The lowest BCUT2D eigenvalue weighted by atomic mass is 10.0. The van der Waals surface area contributed by atoms with E-state index in [1.165, 1.54) is 11.5 Å². The highest BCUT2D eigenvalue weighted by Gasteiger charge is 2.21. The molecule has 6 heteroatoms. The highest BCUT2D eigenvalue weighted by molar-refractivity contribution is 7.05. The average Bonchev–Trinajstić information content (AvgIpc) is 3.16. The van der Waals surface area contributed by atoms with E-state index >= 15 is 0 Å². The minimum Gasteiger partial charge on any atom is -0.505 e. The lowest BCUT2D eigenvalue weighted by molar-refractivity contribution is 0.472. The summed E-state index contributed by atoms with van der Waals surface area (Å²) in [6.45, 7) is 0. The number of fused-ring (bicyclic) bond motifs is 1. The molecule has 2 N–H and O–H groups in total. The molecule has 3 aromatic heterocycles. The molecule has 118 valence electrons. The van der Waals surface area contributed by atoms with Crippen LogP contribution in [0.2, 0.25) is 0 Å². The van der Waals surface area contributed by atoms with Gasteiger partial charge in [0.1, 0.15) is 17.1 Å². The number of nitrogens with one attached hydrogen (secondary N) is 1. The van der Waals surface area contributed by atoms with Crippen molar-refractivity contribution < 1.29 is 5.11 Å². The zero-order valence-electron chi connectivity index (χ0n) is 12.6. The summed E-state index contributed by atoms with van der Waals surface area (Å²) in [5.74, 6) is 0.909. The molecule has 0 bridgehead atoms. The van der Waals surface area contributed by atoms with E-state index in [9.17, 15) is 5.11 Å². The van der Waals surface area contributed by atoms with Crippen LogP contribution in [-0.2, 0) is 0 Å². The van der Waals surface area contributed by atoms with E-state index in [0.29, 0.717) is 5.52 Å². The van der Waals surface area contributed by atoms with Gasteiger partial charge >= 0.3 is 0 Å². The molecule has 0 amide bonds. The summed E-state index contributed by atoms with van der Waals surface area (Å²) in [5, 5.41) is 15.0. The van der Waals surface area contributed by atoms with Gasteiger partial charge in [0.05, 0.1) is 10.9 Å². The van der Waals surface area contributed by atoms with Gasteiger partial charge in [-0.1, -0.05) is 24.3 Å². The molecule has 0 aliphatic heterocycles. The minimum absolute atomic E-state index is 0.176. The van der Waals surface area contributed by atoms with Gasteiger partial charge in [-0.05, 0) is 35.8 Å². The van der Waals surface area contributed by atoms with Crippen LogP contribution in [0.1, 0.15) is 16.5 Å². The Balaban J connectivity index is 1.83. The third-order valence-electron chi connectivity index (χ3n) is 3.79. The van der Waals surface area contributed by atoms with E-state index in [0.717, 1.165) is 21.6 Å². The van der Waals surface area contributed by atoms with Crippen molar-refractivity contribution in [3.8, 4) is 5.75 Å². The van der Waals surface area contributed by atoms with Crippen LogP contribution >= 0.6 is 11.5 Å². The summed E-state index contributed by atoms with van der Waals surface area (Å²) in [7, 11) is 0. The molecule has 1 unspecified atom stereocenters. The number of aromatic hydroxyl groups is 1. The molecule has 4 aromatic rings. The van der Waals surface area contributed by atoms with E-state index < -0.39 is 0 Å². The Hall–Kier alpha value is -2.99. The molecule has 24 heavy (non-hydrogen) atoms. The fourth-order valence-corrected chi connectivity index (χ4v) is 3.31. The molecule has 1 atom stereocenters. The monoisotopic (exact) mass is 334 g/mol. The van der Waals surface area contributed by atoms with E-state index in [1.54, 1.807) is 18.6 Å². The standard InChI is InChI=1S/C18H14N4OS/c23-18-13(7-6-12-4-3-10-20-16(12)18)17(14-8-11-21-24-14)22-15-5-1-2-9-19-15/h1-11,17,23H,(H,19,22). The summed E-state index contributed by atoms with van der Waals surface area (Å²) in [6.07, 6.45) is 5.16. The minimum atomic E-state index is -0.251. The maximum atomic E-state index is 10.8. The molecule has 4 rings (SSSR count). The zero-order chi connectivity index (χ0) is 16.4. The van der Waals surface area contributed by atoms with Crippen molar-refractivity contribution >= 4 is 28.3 Å². The Bertz CT molecular complexity index is 957. The van der Waals surface area contributed by atoms with Crippen molar-refractivity contribution in [1.29, 1.82) is 0 Å². The molecule has 0 saturated carbocycles. The van der Waals surface area contributed by atoms with Crippen molar-refractivity contribution in [3.05, 3.63) is 77.6 Å². The van der Waals surface area contributed by atoms with E-state index in [4.69, 9.17) is 0 Å². The van der Waals surface area contributed by atoms with Crippen molar-refractivity contribution in [2.24, 2.45) is 0 Å². The number of hydrogen-bond acceptors (Lipinski definition) is 6. The highest BCUT2D eigenvalue weighted by Crippen LogP contribution is 2.37. The fourth-order valence-electron chi connectivity index (χ4n) is 2.65. The van der Waals surface area contributed by atoms with Gasteiger partial charge in [0.15, 0.2) is 0 Å². The van der Waals surface area contributed by atoms with Crippen LogP contribution in [0.5, 0.6) is 5.75 Å². The van der Waals surface area contributed by atoms with Gasteiger partial charge in [0.2, 0.25) is 0 Å². The first-order chi connectivity index (χ1) is 11.8. The predicted molar refractivity (Wildman–Crippen MR) is 95.2 cm³/mol. The SMILES string of the molecule is Oc1c(C(Nc2ccccn2)c2ccns2)ccc2cccnc12. The number of nitrogens with zero attached hydrogens (tertiary/aromatic N) is 3. The van der Waals surface area contributed by atoms with E-state index in [1.807, 2.05) is 48.5 Å². The summed E-state index contributed by atoms with van der Waals surface area (Å²) in [5.41, 5.74) is 1.34. The number of phenols is 1. The van der Waals surface area contributed by atoms with Gasteiger partial charge < -0.3 is 10.4 Å². The second kappa shape index (κ2) is 6.25. The molecule has 0 fully saturated rings. The topological polar surface area (TPSA) is 70.9 Å². The lowest BCUT2D eigenvalue weighted by Gasteiger charge is -2.20. The number of benzene rings is 1. The van der Waals surface area contributed by atoms with Crippen LogP contribution in [0.25, 0.3) is 10.9 Å². The lowest BCUT2D eigenvalue weighted by Crippen LogP contribution is -2.12. The van der Waals surface area contributed by atoms with Crippen LogP contribution in [0, 0.1) is 0 Å². The number of aromatic nitrogens is 3. The second-order valence-corrected chi connectivity index (χ2v) is 6.15. The molecular weight excluding hydrogens is 320 g/mol. The normalized spacial score (nSPS) is 12.2. The quantitative estimate of drug-likeness (QED) is 0.590. The van der Waals surface area contributed by atoms with Crippen molar-refractivity contribution in [2.75, 3.05) is 5.32 Å². The molecule has 0 saturated heterocycles. The molecule has 5 nitrogen and oxygen atoms in total. The van der Waals surface area contributed by atoms with Gasteiger partial charge in [-0.25, -0.2) is 9.36 Å². The number of rotatable bonds is 4. The molecule has 0 aliphatic carbocycles. The Labute approximate surface area is 142 Å². The first kappa shape index (κ1) is 14.6. The largest absolute Gasteiger partial charge is 0.505 e. The van der Waals surface area contributed by atoms with Crippen LogP contribution in [0.4, 0.5) is 5.82 Å². The van der Waals surface area contributed by atoms with Crippen LogP contribution in [0.3, 0.4) is 0 Å². The fraction of sp³-hybridized carbons (Fsp3) is 0.0556. The predicted octanol–water partition coefficient (Wildman–Crippen LogP) is 3.99. The van der Waals surface area contributed by atoms with Crippen molar-refractivity contribution in [1.82, 2.24) is 14.3 Å². The summed E-state index contributed by atoms with van der Waals surface area (Å²) >= 11 is 1.39. The Morgan fingerprint density at radius 3 is 2.62 bits per heavy atom. The van der Waals surface area contributed by atoms with Gasteiger partial charge in [-0.2, -0.15) is 0 Å². The molecular formula is C18H14N4OS. The van der Waals surface area contributed by atoms with Gasteiger partial charge in [-0.15, -0.1) is 0 Å². The maximum Gasteiger partial charge on any atom is 0.147 e. The second-order valence-electron chi connectivity index (χ2n) is 5.29. The Morgan fingerprint density at radius 1 is 0.917 bits per heavy atom. The smallest absolute Gasteiger partial charge is 0.147 e.